The highest BCUT2D eigenvalue weighted by Crippen LogP contribution is 2.27. The summed E-state index contributed by atoms with van der Waals surface area (Å²) in [4.78, 5) is 0. The molecule has 0 amide bonds. The molecule has 2 rings (SSSR count). The van der Waals surface area contributed by atoms with Crippen LogP contribution in [0.1, 0.15) is 5.56 Å². The normalized spacial score (nSPS) is 10.5. The van der Waals surface area contributed by atoms with E-state index >= 15 is 0 Å². The second kappa shape index (κ2) is 4.22. The minimum Gasteiger partial charge on any atom is -0.204 e. The molecule has 0 N–H and O–H groups in total. The first-order chi connectivity index (χ1) is 7.58. The lowest BCUT2D eigenvalue weighted by Crippen LogP contribution is -1.89. The molecule has 0 spiro atoms. The highest BCUT2D eigenvalue weighted by Gasteiger charge is 2.10. The third-order valence-corrected chi connectivity index (χ3v) is 2.52. The topological polar surface area (TPSA) is 0 Å². The van der Waals surface area contributed by atoms with Gasteiger partial charge in [0, 0.05) is 10.6 Å². The molecule has 0 saturated heterocycles. The van der Waals surface area contributed by atoms with Crippen LogP contribution in [0.2, 0.25) is 5.02 Å². The lowest BCUT2D eigenvalue weighted by atomic mass is 10.0. The van der Waals surface area contributed by atoms with Crippen LogP contribution in [-0.2, 0) is 0 Å². The number of benzene rings is 2. The summed E-state index contributed by atoms with van der Waals surface area (Å²) in [6.45, 7) is 1.85. The van der Waals surface area contributed by atoms with E-state index in [0.717, 1.165) is 11.6 Å². The monoisotopic (exact) mass is 238 g/mol. The molecule has 16 heavy (non-hydrogen) atoms. The molecule has 0 nitrogen and oxygen atoms in total. The maximum Gasteiger partial charge on any atom is 0.166 e. The van der Waals surface area contributed by atoms with Crippen molar-refractivity contribution in [2.24, 2.45) is 0 Å². The zero-order valence-corrected chi connectivity index (χ0v) is 9.35. The van der Waals surface area contributed by atoms with Gasteiger partial charge in [-0.25, -0.2) is 8.78 Å². The predicted molar refractivity (Wildman–Crippen MR) is 61.5 cm³/mol. The molecule has 82 valence electrons. The van der Waals surface area contributed by atoms with Gasteiger partial charge in [-0.2, -0.15) is 0 Å². The van der Waals surface area contributed by atoms with Crippen molar-refractivity contribution < 1.29 is 8.78 Å². The van der Waals surface area contributed by atoms with Gasteiger partial charge in [0.15, 0.2) is 11.6 Å². The number of rotatable bonds is 1. The van der Waals surface area contributed by atoms with Crippen molar-refractivity contribution in [1.29, 1.82) is 0 Å². The van der Waals surface area contributed by atoms with Crippen LogP contribution in [0, 0.1) is 18.6 Å². The Hall–Kier alpha value is -1.41. The number of halogens is 3. The van der Waals surface area contributed by atoms with Crippen LogP contribution in [0.15, 0.2) is 36.4 Å². The molecule has 0 aromatic heterocycles. The highest BCUT2D eigenvalue weighted by atomic mass is 35.5. The van der Waals surface area contributed by atoms with E-state index < -0.39 is 11.6 Å². The summed E-state index contributed by atoms with van der Waals surface area (Å²) in [7, 11) is 0. The van der Waals surface area contributed by atoms with Gasteiger partial charge in [-0.1, -0.05) is 29.8 Å². The molecule has 0 fully saturated rings. The fourth-order valence-electron chi connectivity index (χ4n) is 1.62. The second-order valence-electron chi connectivity index (χ2n) is 3.62. The maximum absolute atomic E-state index is 13.5. The van der Waals surface area contributed by atoms with Crippen LogP contribution in [0.5, 0.6) is 0 Å². The van der Waals surface area contributed by atoms with E-state index in [2.05, 4.69) is 0 Å². The molecule has 0 aliphatic heterocycles. The minimum atomic E-state index is -0.852. The molecule has 0 atom stereocenters. The Kier molecular flexibility index (Phi) is 2.92. The largest absolute Gasteiger partial charge is 0.204 e. The Morgan fingerprint density at radius 1 is 1.06 bits per heavy atom. The molecule has 0 aliphatic carbocycles. The lowest BCUT2D eigenvalue weighted by Gasteiger charge is -2.06. The molecule has 0 unspecified atom stereocenters. The van der Waals surface area contributed by atoms with E-state index in [1.807, 2.05) is 6.92 Å². The summed E-state index contributed by atoms with van der Waals surface area (Å²) in [5.74, 6) is -1.70. The van der Waals surface area contributed by atoms with E-state index in [9.17, 15) is 8.78 Å². The van der Waals surface area contributed by atoms with Crippen LogP contribution < -0.4 is 0 Å². The summed E-state index contributed by atoms with van der Waals surface area (Å²) in [6.07, 6.45) is 0. The van der Waals surface area contributed by atoms with Gasteiger partial charge in [0.05, 0.1) is 0 Å². The average Bonchev–Trinajstić information content (AvgIpc) is 2.20. The van der Waals surface area contributed by atoms with Crippen molar-refractivity contribution in [3.05, 3.63) is 58.6 Å². The number of aryl methyl sites for hydroxylation is 1. The van der Waals surface area contributed by atoms with Crippen molar-refractivity contribution >= 4 is 11.6 Å². The maximum atomic E-state index is 13.5. The summed E-state index contributed by atoms with van der Waals surface area (Å²) in [5.41, 5.74) is 1.72. The molecule has 0 bridgehead atoms. The van der Waals surface area contributed by atoms with Gasteiger partial charge < -0.3 is 0 Å². The van der Waals surface area contributed by atoms with E-state index in [4.69, 9.17) is 11.6 Å². The quantitative estimate of drug-likeness (QED) is 0.682. The molecule has 3 heteroatoms. The Bertz CT molecular complexity index is 515. The minimum absolute atomic E-state index is 0.227. The summed E-state index contributed by atoms with van der Waals surface area (Å²) in [6, 6.07) is 9.25. The smallest absolute Gasteiger partial charge is 0.166 e. The molecule has 2 aromatic rings. The molecular weight excluding hydrogens is 230 g/mol. The molecule has 0 radical (unpaired) electrons. The number of hydrogen-bond acceptors (Lipinski definition) is 0. The Morgan fingerprint density at radius 3 is 2.50 bits per heavy atom. The van der Waals surface area contributed by atoms with Gasteiger partial charge >= 0.3 is 0 Å². The first kappa shape index (κ1) is 11.1. The fourth-order valence-corrected chi connectivity index (χ4v) is 1.91. The van der Waals surface area contributed by atoms with Crippen molar-refractivity contribution in [3.8, 4) is 11.1 Å². The lowest BCUT2D eigenvalue weighted by molar-refractivity contribution is 0.511. The van der Waals surface area contributed by atoms with Gasteiger partial charge in [0.1, 0.15) is 0 Å². The van der Waals surface area contributed by atoms with E-state index in [1.54, 1.807) is 18.2 Å². The Labute approximate surface area is 97.5 Å². The Balaban J connectivity index is 2.63. The molecule has 0 aliphatic rings. The third kappa shape index (κ3) is 2.07. The van der Waals surface area contributed by atoms with Crippen LogP contribution in [-0.4, -0.2) is 0 Å². The average molecular weight is 239 g/mol. The van der Waals surface area contributed by atoms with Crippen LogP contribution in [0.4, 0.5) is 8.78 Å². The zero-order valence-electron chi connectivity index (χ0n) is 8.60. The fraction of sp³-hybridized carbons (Fsp3) is 0.0769. The van der Waals surface area contributed by atoms with E-state index in [-0.39, 0.29) is 5.56 Å². The summed E-state index contributed by atoms with van der Waals surface area (Å²) < 4.78 is 26.6. The van der Waals surface area contributed by atoms with Crippen molar-refractivity contribution in [3.63, 3.8) is 0 Å². The standard InChI is InChI=1S/C13H9ClF2/c1-8-5-9(7-10(14)6-8)11-3-2-4-12(15)13(11)16/h2-7H,1H3. The third-order valence-electron chi connectivity index (χ3n) is 2.30. The first-order valence-electron chi connectivity index (χ1n) is 4.79. The van der Waals surface area contributed by atoms with Gasteiger partial charge in [0.25, 0.3) is 0 Å². The van der Waals surface area contributed by atoms with Gasteiger partial charge in [-0.15, -0.1) is 0 Å². The van der Waals surface area contributed by atoms with Gasteiger partial charge in [-0.3, -0.25) is 0 Å². The zero-order chi connectivity index (χ0) is 11.7. The predicted octanol–water partition coefficient (Wildman–Crippen LogP) is 4.59. The van der Waals surface area contributed by atoms with Gasteiger partial charge in [0.2, 0.25) is 0 Å². The van der Waals surface area contributed by atoms with Crippen LogP contribution in [0.25, 0.3) is 11.1 Å². The summed E-state index contributed by atoms with van der Waals surface area (Å²) in [5, 5.41) is 0.513. The van der Waals surface area contributed by atoms with E-state index in [1.165, 1.54) is 12.1 Å². The SMILES string of the molecule is Cc1cc(Cl)cc(-c2cccc(F)c2F)c1. The van der Waals surface area contributed by atoms with Gasteiger partial charge in [-0.05, 0) is 36.2 Å². The molecular formula is C13H9ClF2. The van der Waals surface area contributed by atoms with Crippen molar-refractivity contribution in [1.82, 2.24) is 0 Å². The van der Waals surface area contributed by atoms with Crippen LogP contribution >= 0.6 is 11.6 Å². The van der Waals surface area contributed by atoms with Crippen molar-refractivity contribution in [2.45, 2.75) is 6.92 Å². The number of hydrogen-bond donors (Lipinski definition) is 0. The second-order valence-corrected chi connectivity index (χ2v) is 4.06. The Morgan fingerprint density at radius 2 is 1.81 bits per heavy atom. The summed E-state index contributed by atoms with van der Waals surface area (Å²) >= 11 is 5.88. The molecule has 2 aromatic carbocycles. The van der Waals surface area contributed by atoms with E-state index in [0.29, 0.717) is 10.6 Å². The highest BCUT2D eigenvalue weighted by molar-refractivity contribution is 6.30. The van der Waals surface area contributed by atoms with Crippen LogP contribution in [0.3, 0.4) is 0 Å². The molecule has 0 saturated carbocycles. The van der Waals surface area contributed by atoms with Crippen molar-refractivity contribution in [2.75, 3.05) is 0 Å². The first-order valence-corrected chi connectivity index (χ1v) is 5.17. The molecule has 0 heterocycles.